The molecule has 1 heterocycles. The van der Waals surface area contributed by atoms with Crippen LogP contribution in [0.3, 0.4) is 0 Å². The summed E-state index contributed by atoms with van der Waals surface area (Å²) in [6.45, 7) is 0.0653. The highest BCUT2D eigenvalue weighted by atomic mass is 32.1. The van der Waals surface area contributed by atoms with Crippen molar-refractivity contribution in [3.05, 3.63) is 16.6 Å². The van der Waals surface area contributed by atoms with Gasteiger partial charge >= 0.3 is 0 Å². The van der Waals surface area contributed by atoms with E-state index in [1.807, 2.05) is 0 Å². The van der Waals surface area contributed by atoms with Crippen LogP contribution in [0.4, 0.5) is 0 Å². The first-order chi connectivity index (χ1) is 7.72. The van der Waals surface area contributed by atoms with E-state index in [1.165, 1.54) is 11.3 Å². The summed E-state index contributed by atoms with van der Waals surface area (Å²) in [4.78, 5) is 28.8. The van der Waals surface area contributed by atoms with E-state index in [0.717, 1.165) is 12.8 Å². The van der Waals surface area contributed by atoms with Crippen molar-refractivity contribution >= 4 is 23.0 Å². The second-order valence-corrected chi connectivity index (χ2v) is 4.61. The predicted octanol–water partition coefficient (Wildman–Crippen LogP) is 0.275. The fourth-order valence-electron chi connectivity index (χ4n) is 1.51. The molecule has 0 saturated heterocycles. The molecule has 86 valence electrons. The average Bonchev–Trinajstić information content (AvgIpc) is 2.98. The molecule has 0 radical (unpaired) electrons. The van der Waals surface area contributed by atoms with Gasteiger partial charge in [0, 0.05) is 17.6 Å². The number of thiazole rings is 1. The summed E-state index contributed by atoms with van der Waals surface area (Å²) in [6.07, 6.45) is 3.53. The third kappa shape index (κ3) is 2.45. The smallest absolute Gasteiger partial charge is 0.236 e. The van der Waals surface area contributed by atoms with Crippen molar-refractivity contribution in [3.8, 4) is 0 Å². The lowest BCUT2D eigenvalue weighted by molar-refractivity contribution is -0.129. The van der Waals surface area contributed by atoms with Crippen LogP contribution in [0.15, 0.2) is 11.6 Å². The number of ketones is 1. The molecule has 2 N–H and O–H groups in total. The summed E-state index contributed by atoms with van der Waals surface area (Å²) in [6, 6.07) is 0.208. The van der Waals surface area contributed by atoms with Crippen LogP contribution in [0.5, 0.6) is 0 Å². The molecule has 1 aliphatic rings. The van der Waals surface area contributed by atoms with E-state index in [9.17, 15) is 9.59 Å². The molecule has 16 heavy (non-hydrogen) atoms. The van der Waals surface area contributed by atoms with Gasteiger partial charge in [0.1, 0.15) is 0 Å². The first-order valence-electron chi connectivity index (χ1n) is 5.14. The fraction of sp³-hybridized carbons (Fsp3) is 0.500. The number of nitrogens with zero attached hydrogens (tertiary/aromatic N) is 2. The zero-order valence-electron chi connectivity index (χ0n) is 8.76. The van der Waals surface area contributed by atoms with Crippen LogP contribution in [0.25, 0.3) is 0 Å². The van der Waals surface area contributed by atoms with E-state index in [0.29, 0.717) is 5.01 Å². The molecule has 2 rings (SSSR count). The van der Waals surface area contributed by atoms with Gasteiger partial charge in [-0.05, 0) is 12.8 Å². The van der Waals surface area contributed by atoms with Gasteiger partial charge in [-0.1, -0.05) is 0 Å². The third-order valence-corrected chi connectivity index (χ3v) is 3.28. The molecule has 1 saturated carbocycles. The van der Waals surface area contributed by atoms with Crippen LogP contribution in [0.1, 0.15) is 22.6 Å². The highest BCUT2D eigenvalue weighted by Gasteiger charge is 2.33. The SMILES string of the molecule is NCC(=O)N(CC(=O)c1nccs1)C1CC1. The van der Waals surface area contributed by atoms with Crippen molar-refractivity contribution in [1.29, 1.82) is 0 Å². The monoisotopic (exact) mass is 239 g/mol. The minimum absolute atomic E-state index is 0.0400. The average molecular weight is 239 g/mol. The standard InChI is InChI=1S/C10H13N3O2S/c11-5-9(15)13(7-1-2-7)6-8(14)10-12-3-4-16-10/h3-4,7H,1-2,5-6,11H2. The van der Waals surface area contributed by atoms with Crippen molar-refractivity contribution < 1.29 is 9.59 Å². The first-order valence-corrected chi connectivity index (χ1v) is 6.02. The zero-order valence-corrected chi connectivity index (χ0v) is 9.57. The van der Waals surface area contributed by atoms with Crippen molar-refractivity contribution in [2.75, 3.05) is 13.1 Å². The second kappa shape index (κ2) is 4.71. The molecular weight excluding hydrogens is 226 g/mol. The number of hydrogen-bond donors (Lipinski definition) is 1. The summed E-state index contributed by atoms with van der Waals surface area (Å²) in [5.74, 6) is -0.267. The van der Waals surface area contributed by atoms with E-state index in [1.54, 1.807) is 16.5 Å². The Balaban J connectivity index is 2.00. The summed E-state index contributed by atoms with van der Waals surface area (Å²) in [5.41, 5.74) is 5.32. The van der Waals surface area contributed by atoms with Gasteiger partial charge in [0.05, 0.1) is 13.1 Å². The topological polar surface area (TPSA) is 76.3 Å². The maximum Gasteiger partial charge on any atom is 0.236 e. The van der Waals surface area contributed by atoms with E-state index in [2.05, 4.69) is 4.98 Å². The lowest BCUT2D eigenvalue weighted by Gasteiger charge is -2.20. The summed E-state index contributed by atoms with van der Waals surface area (Å²) < 4.78 is 0. The van der Waals surface area contributed by atoms with E-state index >= 15 is 0 Å². The van der Waals surface area contributed by atoms with Gasteiger partial charge in [-0.15, -0.1) is 11.3 Å². The van der Waals surface area contributed by atoms with E-state index < -0.39 is 0 Å². The van der Waals surface area contributed by atoms with Crippen LogP contribution in [-0.2, 0) is 4.79 Å². The molecule has 0 bridgehead atoms. The molecule has 1 amide bonds. The molecule has 0 atom stereocenters. The molecule has 1 aromatic rings. The Morgan fingerprint density at radius 2 is 2.31 bits per heavy atom. The van der Waals surface area contributed by atoms with Gasteiger partial charge in [0.2, 0.25) is 11.7 Å². The predicted molar refractivity (Wildman–Crippen MR) is 60.2 cm³/mol. The van der Waals surface area contributed by atoms with E-state index in [4.69, 9.17) is 5.73 Å². The van der Waals surface area contributed by atoms with Crippen LogP contribution in [0.2, 0.25) is 0 Å². The number of nitrogens with two attached hydrogens (primary N) is 1. The molecule has 6 heteroatoms. The van der Waals surface area contributed by atoms with Crippen LogP contribution in [0, 0.1) is 0 Å². The number of hydrogen-bond acceptors (Lipinski definition) is 5. The lowest BCUT2D eigenvalue weighted by atomic mass is 10.3. The summed E-state index contributed by atoms with van der Waals surface area (Å²) in [7, 11) is 0. The van der Waals surface area contributed by atoms with Gasteiger partial charge in [0.25, 0.3) is 0 Å². The van der Waals surface area contributed by atoms with Gasteiger partial charge < -0.3 is 10.6 Å². The maximum atomic E-state index is 11.8. The number of Topliss-reactive ketones (excluding diaryl/α,β-unsaturated/α-hetero) is 1. The summed E-state index contributed by atoms with van der Waals surface area (Å²) in [5, 5.41) is 2.20. The highest BCUT2D eigenvalue weighted by Crippen LogP contribution is 2.27. The maximum absolute atomic E-state index is 11.8. The van der Waals surface area contributed by atoms with Gasteiger partial charge in [-0.25, -0.2) is 4.98 Å². The highest BCUT2D eigenvalue weighted by molar-refractivity contribution is 7.11. The van der Waals surface area contributed by atoms with E-state index in [-0.39, 0.29) is 30.8 Å². The van der Waals surface area contributed by atoms with Crippen molar-refractivity contribution in [1.82, 2.24) is 9.88 Å². The van der Waals surface area contributed by atoms with Gasteiger partial charge in [-0.2, -0.15) is 0 Å². The Morgan fingerprint density at radius 1 is 1.56 bits per heavy atom. The second-order valence-electron chi connectivity index (χ2n) is 3.72. The number of carbonyl (C=O) groups is 2. The number of carbonyl (C=O) groups excluding carboxylic acids is 2. The largest absolute Gasteiger partial charge is 0.331 e. The van der Waals surface area contributed by atoms with Crippen LogP contribution >= 0.6 is 11.3 Å². The van der Waals surface area contributed by atoms with Crippen LogP contribution in [-0.4, -0.2) is 40.7 Å². The first kappa shape index (κ1) is 11.2. The minimum atomic E-state index is -0.160. The van der Waals surface area contributed by atoms with Crippen molar-refractivity contribution in [2.24, 2.45) is 5.73 Å². The Kier molecular flexibility index (Phi) is 3.31. The Morgan fingerprint density at radius 3 is 2.81 bits per heavy atom. The lowest BCUT2D eigenvalue weighted by Crippen LogP contribution is -2.41. The van der Waals surface area contributed by atoms with Crippen molar-refractivity contribution in [3.63, 3.8) is 0 Å². The third-order valence-electron chi connectivity index (χ3n) is 2.47. The Hall–Kier alpha value is -1.27. The molecule has 0 aliphatic heterocycles. The van der Waals surface area contributed by atoms with Crippen LogP contribution < -0.4 is 5.73 Å². The molecular formula is C10H13N3O2S. The fourth-order valence-corrected chi connectivity index (χ4v) is 2.08. The quantitative estimate of drug-likeness (QED) is 0.748. The molecule has 1 aliphatic carbocycles. The molecule has 0 aromatic carbocycles. The molecule has 0 unspecified atom stereocenters. The Labute approximate surface area is 97.3 Å². The zero-order chi connectivity index (χ0) is 11.5. The normalized spacial score (nSPS) is 14.8. The molecule has 5 nitrogen and oxygen atoms in total. The molecule has 0 spiro atoms. The Bertz CT molecular complexity index is 387. The van der Waals surface area contributed by atoms with Crippen molar-refractivity contribution in [2.45, 2.75) is 18.9 Å². The number of amides is 1. The minimum Gasteiger partial charge on any atom is -0.331 e. The van der Waals surface area contributed by atoms with Gasteiger partial charge in [-0.3, -0.25) is 9.59 Å². The molecule has 1 fully saturated rings. The molecule has 1 aromatic heterocycles. The number of rotatable bonds is 5. The summed E-state index contributed by atoms with van der Waals surface area (Å²) >= 11 is 1.29. The number of aromatic nitrogens is 1. The van der Waals surface area contributed by atoms with Gasteiger partial charge in [0.15, 0.2) is 5.01 Å².